The summed E-state index contributed by atoms with van der Waals surface area (Å²) in [5.74, 6) is 0. The van der Waals surface area contributed by atoms with Crippen LogP contribution in [0.2, 0.25) is 0 Å². The van der Waals surface area contributed by atoms with Gasteiger partial charge in [-0.2, -0.15) is 5.10 Å². The molecule has 0 aliphatic heterocycles. The highest BCUT2D eigenvalue weighted by molar-refractivity contribution is 7.19. The molecule has 0 aliphatic rings. The highest BCUT2D eigenvalue weighted by Crippen LogP contribution is 2.26. The third-order valence-corrected chi connectivity index (χ3v) is 4.15. The summed E-state index contributed by atoms with van der Waals surface area (Å²) < 4.78 is 3.04. The number of hydrogen-bond donors (Lipinski definition) is 0. The molecule has 0 N–H and O–H groups in total. The molecule has 0 atom stereocenters. The Kier molecular flexibility index (Phi) is 2.95. The van der Waals surface area contributed by atoms with Gasteiger partial charge in [-0.05, 0) is 49.3 Å². The van der Waals surface area contributed by atoms with Crippen molar-refractivity contribution >= 4 is 33.7 Å². The number of benzene rings is 1. The van der Waals surface area contributed by atoms with E-state index in [1.165, 1.54) is 15.8 Å². The van der Waals surface area contributed by atoms with Crippen LogP contribution in [0.1, 0.15) is 21.7 Å². The maximum absolute atomic E-state index is 4.64. The Balaban J connectivity index is 1.95. The van der Waals surface area contributed by atoms with Crippen LogP contribution in [0, 0.1) is 13.8 Å². The Hall–Kier alpha value is -1.94. The zero-order chi connectivity index (χ0) is 13.4. The standard InChI is InChI=1S/C15H15N3S/c1-10-6-13-14(7-11(10)2)19-15(17-13)5-4-12-8-16-18(3)9-12/h4-9H,1-3H3/b5-4-. The number of aryl methyl sites for hydroxylation is 3. The Morgan fingerprint density at radius 1 is 1.16 bits per heavy atom. The highest BCUT2D eigenvalue weighted by Gasteiger charge is 2.03. The van der Waals surface area contributed by atoms with E-state index < -0.39 is 0 Å². The average Bonchev–Trinajstić information content (AvgIpc) is 2.93. The molecule has 3 rings (SSSR count). The summed E-state index contributed by atoms with van der Waals surface area (Å²) in [6.45, 7) is 4.26. The third kappa shape index (κ3) is 2.44. The molecule has 0 spiro atoms. The first-order chi connectivity index (χ1) is 9.11. The van der Waals surface area contributed by atoms with Crippen molar-refractivity contribution in [3.8, 4) is 0 Å². The average molecular weight is 269 g/mol. The van der Waals surface area contributed by atoms with Crippen LogP contribution in [0.15, 0.2) is 24.5 Å². The van der Waals surface area contributed by atoms with Crippen molar-refractivity contribution < 1.29 is 0 Å². The molecule has 0 amide bonds. The van der Waals surface area contributed by atoms with Crippen molar-refractivity contribution in [2.24, 2.45) is 7.05 Å². The van der Waals surface area contributed by atoms with Crippen molar-refractivity contribution in [3.05, 3.63) is 46.2 Å². The van der Waals surface area contributed by atoms with Crippen LogP contribution >= 0.6 is 11.3 Å². The van der Waals surface area contributed by atoms with Crippen LogP contribution in [0.3, 0.4) is 0 Å². The molecule has 0 unspecified atom stereocenters. The predicted molar refractivity (Wildman–Crippen MR) is 81.2 cm³/mol. The predicted octanol–water partition coefficient (Wildman–Crippen LogP) is 3.82. The highest BCUT2D eigenvalue weighted by atomic mass is 32.1. The van der Waals surface area contributed by atoms with E-state index in [2.05, 4.69) is 36.1 Å². The lowest BCUT2D eigenvalue weighted by Gasteiger charge is -1.96. The third-order valence-electron chi connectivity index (χ3n) is 3.16. The maximum atomic E-state index is 4.64. The van der Waals surface area contributed by atoms with E-state index in [0.717, 1.165) is 16.1 Å². The molecule has 0 aliphatic carbocycles. The fourth-order valence-corrected chi connectivity index (χ4v) is 2.91. The Labute approximate surface area is 116 Å². The van der Waals surface area contributed by atoms with Crippen LogP contribution in [0.4, 0.5) is 0 Å². The SMILES string of the molecule is Cc1cc2nc(/C=C\c3cnn(C)c3)sc2cc1C. The van der Waals surface area contributed by atoms with E-state index >= 15 is 0 Å². The molecule has 96 valence electrons. The molecule has 0 saturated heterocycles. The summed E-state index contributed by atoms with van der Waals surface area (Å²) in [6.07, 6.45) is 7.92. The zero-order valence-electron chi connectivity index (χ0n) is 11.2. The summed E-state index contributed by atoms with van der Waals surface area (Å²) in [4.78, 5) is 4.64. The van der Waals surface area contributed by atoms with Gasteiger partial charge in [-0.25, -0.2) is 4.98 Å². The van der Waals surface area contributed by atoms with E-state index in [-0.39, 0.29) is 0 Å². The number of thiazole rings is 1. The first-order valence-corrected chi connectivity index (χ1v) is 6.98. The number of aromatic nitrogens is 3. The summed E-state index contributed by atoms with van der Waals surface area (Å²) in [5.41, 5.74) is 4.78. The van der Waals surface area contributed by atoms with Crippen molar-refractivity contribution in [1.29, 1.82) is 0 Å². The van der Waals surface area contributed by atoms with Gasteiger partial charge in [0.1, 0.15) is 5.01 Å². The number of rotatable bonds is 2. The smallest absolute Gasteiger partial charge is 0.117 e. The van der Waals surface area contributed by atoms with Crippen LogP contribution in [0.5, 0.6) is 0 Å². The van der Waals surface area contributed by atoms with Gasteiger partial charge in [0.25, 0.3) is 0 Å². The number of fused-ring (bicyclic) bond motifs is 1. The molecule has 0 bridgehead atoms. The second-order valence-electron chi connectivity index (χ2n) is 4.74. The van der Waals surface area contributed by atoms with Gasteiger partial charge < -0.3 is 0 Å². The van der Waals surface area contributed by atoms with Gasteiger partial charge in [0.05, 0.1) is 16.4 Å². The summed E-state index contributed by atoms with van der Waals surface area (Å²) in [5, 5.41) is 5.17. The molecule has 1 aromatic carbocycles. The molecule has 19 heavy (non-hydrogen) atoms. The van der Waals surface area contributed by atoms with Crippen LogP contribution in [0.25, 0.3) is 22.4 Å². The molecule has 0 saturated carbocycles. The van der Waals surface area contributed by atoms with Gasteiger partial charge in [0.2, 0.25) is 0 Å². The summed E-state index contributed by atoms with van der Waals surface area (Å²) in [7, 11) is 1.92. The lowest BCUT2D eigenvalue weighted by Crippen LogP contribution is -1.83. The largest absolute Gasteiger partial charge is 0.275 e. The summed E-state index contributed by atoms with van der Waals surface area (Å²) >= 11 is 1.72. The zero-order valence-corrected chi connectivity index (χ0v) is 12.0. The minimum absolute atomic E-state index is 1.03. The normalized spacial score (nSPS) is 11.7. The van der Waals surface area contributed by atoms with E-state index in [1.54, 1.807) is 16.0 Å². The monoisotopic (exact) mass is 269 g/mol. The lowest BCUT2D eigenvalue weighted by atomic mass is 10.1. The summed E-state index contributed by atoms with van der Waals surface area (Å²) in [6, 6.07) is 4.37. The van der Waals surface area contributed by atoms with E-state index in [1.807, 2.05) is 31.6 Å². The van der Waals surface area contributed by atoms with Crippen LogP contribution in [-0.4, -0.2) is 14.8 Å². The lowest BCUT2D eigenvalue weighted by molar-refractivity contribution is 0.767. The minimum atomic E-state index is 1.03. The minimum Gasteiger partial charge on any atom is -0.275 e. The van der Waals surface area contributed by atoms with Gasteiger partial charge in [-0.3, -0.25) is 4.68 Å². The first kappa shape index (κ1) is 12.1. The molecule has 2 heterocycles. The second kappa shape index (κ2) is 4.63. The van der Waals surface area contributed by atoms with Crippen molar-refractivity contribution in [2.45, 2.75) is 13.8 Å². The second-order valence-corrected chi connectivity index (χ2v) is 5.80. The number of hydrogen-bond acceptors (Lipinski definition) is 3. The topological polar surface area (TPSA) is 30.7 Å². The molecular weight excluding hydrogens is 254 g/mol. The van der Waals surface area contributed by atoms with E-state index in [9.17, 15) is 0 Å². The molecule has 3 aromatic rings. The number of nitrogens with zero attached hydrogens (tertiary/aromatic N) is 3. The van der Waals surface area contributed by atoms with Crippen molar-refractivity contribution in [2.75, 3.05) is 0 Å². The fraction of sp³-hybridized carbons (Fsp3) is 0.200. The van der Waals surface area contributed by atoms with Gasteiger partial charge in [-0.15, -0.1) is 11.3 Å². The Morgan fingerprint density at radius 3 is 2.68 bits per heavy atom. The van der Waals surface area contributed by atoms with Gasteiger partial charge in [0, 0.05) is 18.8 Å². The van der Waals surface area contributed by atoms with E-state index in [0.29, 0.717) is 0 Å². The molecule has 0 radical (unpaired) electrons. The van der Waals surface area contributed by atoms with Gasteiger partial charge in [-0.1, -0.05) is 0 Å². The van der Waals surface area contributed by atoms with Gasteiger partial charge >= 0.3 is 0 Å². The fourth-order valence-electron chi connectivity index (χ4n) is 1.96. The molecular formula is C15H15N3S. The van der Waals surface area contributed by atoms with Gasteiger partial charge in [0.15, 0.2) is 0 Å². The van der Waals surface area contributed by atoms with E-state index in [4.69, 9.17) is 0 Å². The molecule has 0 fully saturated rings. The first-order valence-electron chi connectivity index (χ1n) is 6.16. The molecule has 3 nitrogen and oxygen atoms in total. The Morgan fingerprint density at radius 2 is 1.95 bits per heavy atom. The molecule has 4 heteroatoms. The molecule has 2 aromatic heterocycles. The van der Waals surface area contributed by atoms with Crippen LogP contribution < -0.4 is 0 Å². The van der Waals surface area contributed by atoms with Crippen molar-refractivity contribution in [3.63, 3.8) is 0 Å². The Bertz CT molecular complexity index is 726. The van der Waals surface area contributed by atoms with Crippen LogP contribution in [-0.2, 0) is 7.05 Å². The maximum Gasteiger partial charge on any atom is 0.117 e. The van der Waals surface area contributed by atoms with Crippen molar-refractivity contribution in [1.82, 2.24) is 14.8 Å². The quantitative estimate of drug-likeness (QED) is 0.708.